The van der Waals surface area contributed by atoms with Gasteiger partial charge in [0.05, 0.1) is 19.2 Å². The molecule has 3 rings (SSSR count). The number of aromatic amines is 1. The van der Waals surface area contributed by atoms with Crippen LogP contribution in [-0.4, -0.2) is 93.7 Å². The Morgan fingerprint density at radius 1 is 1.02 bits per heavy atom. The Bertz CT molecular complexity index is 1410. The Kier molecular flexibility index (Phi) is 12.3. The predicted octanol–water partition coefficient (Wildman–Crippen LogP) is -0.384. The number of alkyl halides is 1. The molecule has 45 heavy (non-hydrogen) atoms. The predicted molar refractivity (Wildman–Crippen MR) is 154 cm³/mol. The number of hydrogen-bond donors (Lipinski definition) is 4. The maximum atomic E-state index is 14.7. The molecule has 2 aromatic heterocycles. The highest BCUT2D eigenvalue weighted by atomic mass is 19.1. The standard InChI is InChI=1S/C27H40FN7O10/c1-12(2)20(29)25(39)43-9-14(44-26(40)21(30)13(3)4)8-41-18(36)5-6-19(37)42-10-16-15(28)7-17(45-16)35-11-32-22-23(35)33-27(31)34-24(22)38/h11-17,20-21H,5-10,29-30H2,1-4H3,(H3,31,33,34,38)/t14?,15-,16+,17+,20-,21-/m0/s1. The van der Waals surface area contributed by atoms with Gasteiger partial charge in [-0.2, -0.15) is 4.98 Å². The lowest BCUT2D eigenvalue weighted by molar-refractivity contribution is -0.169. The summed E-state index contributed by atoms with van der Waals surface area (Å²) in [5.74, 6) is -3.75. The molecule has 0 saturated carbocycles. The first kappa shape index (κ1) is 35.3. The molecule has 2 aromatic rings. The van der Waals surface area contributed by atoms with E-state index in [1.807, 2.05) is 0 Å². The number of nitrogens with zero attached hydrogens (tertiary/aromatic N) is 3. The average Bonchev–Trinajstić information content (AvgIpc) is 3.57. The van der Waals surface area contributed by atoms with Gasteiger partial charge in [-0.25, -0.2) is 9.37 Å². The topological polar surface area (TPSA) is 256 Å². The summed E-state index contributed by atoms with van der Waals surface area (Å²) < 4.78 is 42.4. The number of hydrogen-bond acceptors (Lipinski definition) is 15. The first-order valence-electron chi connectivity index (χ1n) is 14.4. The van der Waals surface area contributed by atoms with E-state index >= 15 is 0 Å². The van der Waals surface area contributed by atoms with Crippen molar-refractivity contribution in [2.45, 2.75) is 83.6 Å². The molecule has 7 N–H and O–H groups in total. The number of nitrogen functional groups attached to an aromatic ring is 1. The Balaban J connectivity index is 1.46. The molecular weight excluding hydrogens is 601 g/mol. The van der Waals surface area contributed by atoms with Gasteiger partial charge in [-0.15, -0.1) is 0 Å². The van der Waals surface area contributed by atoms with Gasteiger partial charge in [0.2, 0.25) is 5.95 Å². The number of esters is 4. The second-order valence-electron chi connectivity index (χ2n) is 11.3. The van der Waals surface area contributed by atoms with Gasteiger partial charge in [-0.1, -0.05) is 27.7 Å². The summed E-state index contributed by atoms with van der Waals surface area (Å²) in [5.41, 5.74) is 16.7. The Morgan fingerprint density at radius 2 is 1.62 bits per heavy atom. The van der Waals surface area contributed by atoms with E-state index in [1.165, 1.54) is 10.9 Å². The van der Waals surface area contributed by atoms with Crippen molar-refractivity contribution in [2.75, 3.05) is 25.6 Å². The van der Waals surface area contributed by atoms with E-state index in [4.69, 9.17) is 40.9 Å². The number of carbonyl (C=O) groups is 4. The molecule has 0 radical (unpaired) electrons. The zero-order valence-corrected chi connectivity index (χ0v) is 25.5. The third-order valence-electron chi connectivity index (χ3n) is 6.97. The minimum atomic E-state index is -1.52. The van der Waals surface area contributed by atoms with E-state index in [0.717, 1.165) is 0 Å². The molecule has 0 bridgehead atoms. The van der Waals surface area contributed by atoms with Crippen molar-refractivity contribution in [2.24, 2.45) is 23.3 Å². The molecule has 1 unspecified atom stereocenters. The van der Waals surface area contributed by atoms with Crippen LogP contribution in [0.1, 0.15) is 53.2 Å². The van der Waals surface area contributed by atoms with Crippen LogP contribution >= 0.6 is 0 Å². The maximum Gasteiger partial charge on any atom is 0.323 e. The quantitative estimate of drug-likeness (QED) is 0.143. The summed E-state index contributed by atoms with van der Waals surface area (Å²) in [5, 5.41) is 0. The molecule has 6 atom stereocenters. The minimum absolute atomic E-state index is 0.00456. The zero-order valence-electron chi connectivity index (χ0n) is 25.5. The van der Waals surface area contributed by atoms with Crippen LogP contribution in [0.5, 0.6) is 0 Å². The number of nitrogens with two attached hydrogens (primary N) is 3. The second-order valence-corrected chi connectivity index (χ2v) is 11.3. The number of halogens is 1. The number of rotatable bonds is 15. The Hall–Kier alpha value is -4.16. The molecule has 17 nitrogen and oxygen atoms in total. The van der Waals surface area contributed by atoms with E-state index in [9.17, 15) is 28.4 Å². The summed E-state index contributed by atoms with van der Waals surface area (Å²) in [7, 11) is 0. The third-order valence-corrected chi connectivity index (χ3v) is 6.97. The summed E-state index contributed by atoms with van der Waals surface area (Å²) in [6.07, 6.45) is -4.34. The smallest absolute Gasteiger partial charge is 0.323 e. The SMILES string of the molecule is CC(C)[C@H](N)C(=O)OCC(COC(=O)CCC(=O)OC[C@H]1O[C@@H](n2cnc3c(=O)[nH]c(N)nc32)C[C@@H]1F)OC(=O)[C@@H](N)C(C)C. The molecule has 0 amide bonds. The number of ether oxygens (including phenoxy) is 5. The Morgan fingerprint density at radius 3 is 2.27 bits per heavy atom. The number of carbonyl (C=O) groups excluding carboxylic acids is 4. The van der Waals surface area contributed by atoms with Gasteiger partial charge in [-0.05, 0) is 11.8 Å². The number of aromatic nitrogens is 4. The highest BCUT2D eigenvalue weighted by molar-refractivity contribution is 5.78. The largest absolute Gasteiger partial charge is 0.463 e. The van der Waals surface area contributed by atoms with Crippen molar-refractivity contribution in [1.82, 2.24) is 19.5 Å². The van der Waals surface area contributed by atoms with Crippen LogP contribution in [0, 0.1) is 11.8 Å². The van der Waals surface area contributed by atoms with Crippen molar-refractivity contribution >= 4 is 41.0 Å². The lowest BCUT2D eigenvalue weighted by Crippen LogP contribution is -2.43. The van der Waals surface area contributed by atoms with E-state index in [0.29, 0.717) is 0 Å². The van der Waals surface area contributed by atoms with Crippen molar-refractivity contribution in [3.63, 3.8) is 0 Å². The summed E-state index contributed by atoms with van der Waals surface area (Å²) in [6, 6.07) is -1.87. The molecular formula is C27H40FN7O10. The number of anilines is 1. The number of nitrogens with one attached hydrogen (secondary N) is 1. The molecule has 0 aromatic carbocycles. The Labute approximate surface area is 257 Å². The van der Waals surface area contributed by atoms with Crippen LogP contribution < -0.4 is 22.8 Å². The van der Waals surface area contributed by atoms with Crippen molar-refractivity contribution in [3.05, 3.63) is 16.7 Å². The lowest BCUT2D eigenvalue weighted by Gasteiger charge is -2.22. The molecule has 0 spiro atoms. The van der Waals surface area contributed by atoms with Gasteiger partial charge in [-0.3, -0.25) is 33.5 Å². The molecule has 1 fully saturated rings. The van der Waals surface area contributed by atoms with Crippen LogP contribution in [0.15, 0.2) is 11.1 Å². The van der Waals surface area contributed by atoms with Gasteiger partial charge >= 0.3 is 23.9 Å². The van der Waals surface area contributed by atoms with E-state index < -0.39 is 98.8 Å². The number of H-pyrrole nitrogens is 1. The van der Waals surface area contributed by atoms with Gasteiger partial charge in [0.15, 0.2) is 17.3 Å². The van der Waals surface area contributed by atoms with Crippen LogP contribution in [0.3, 0.4) is 0 Å². The minimum Gasteiger partial charge on any atom is -0.463 e. The van der Waals surface area contributed by atoms with Gasteiger partial charge in [0, 0.05) is 6.42 Å². The monoisotopic (exact) mass is 641 g/mol. The van der Waals surface area contributed by atoms with E-state index in [2.05, 4.69) is 15.0 Å². The summed E-state index contributed by atoms with van der Waals surface area (Å²) >= 11 is 0. The first-order valence-corrected chi connectivity index (χ1v) is 14.4. The number of imidazole rings is 1. The normalized spacial score (nSPS) is 20.2. The number of fused-ring (bicyclic) bond motifs is 1. The highest BCUT2D eigenvalue weighted by Crippen LogP contribution is 2.32. The molecule has 250 valence electrons. The fraction of sp³-hybridized carbons (Fsp3) is 0.667. The second kappa shape index (κ2) is 15.7. The van der Waals surface area contributed by atoms with Crippen molar-refractivity contribution in [1.29, 1.82) is 0 Å². The van der Waals surface area contributed by atoms with E-state index in [-0.39, 0.29) is 35.4 Å². The fourth-order valence-electron chi connectivity index (χ4n) is 4.05. The van der Waals surface area contributed by atoms with Crippen LogP contribution in [0.2, 0.25) is 0 Å². The molecule has 0 aliphatic carbocycles. The van der Waals surface area contributed by atoms with Crippen LogP contribution in [0.25, 0.3) is 11.2 Å². The van der Waals surface area contributed by atoms with Crippen molar-refractivity contribution in [3.8, 4) is 0 Å². The van der Waals surface area contributed by atoms with Crippen LogP contribution in [-0.2, 0) is 42.9 Å². The maximum absolute atomic E-state index is 14.7. The third kappa shape index (κ3) is 9.66. The van der Waals surface area contributed by atoms with Crippen molar-refractivity contribution < 1.29 is 47.3 Å². The van der Waals surface area contributed by atoms with E-state index in [1.54, 1.807) is 27.7 Å². The zero-order chi connectivity index (χ0) is 33.4. The highest BCUT2D eigenvalue weighted by Gasteiger charge is 2.38. The average molecular weight is 642 g/mol. The van der Waals surface area contributed by atoms with Gasteiger partial charge in [0.1, 0.15) is 50.4 Å². The molecule has 1 aliphatic heterocycles. The molecule has 3 heterocycles. The molecule has 1 saturated heterocycles. The first-order chi connectivity index (χ1) is 21.2. The summed E-state index contributed by atoms with van der Waals surface area (Å²) in [6.45, 7) is 5.53. The molecule has 18 heteroatoms. The lowest BCUT2D eigenvalue weighted by atomic mass is 10.1. The van der Waals surface area contributed by atoms with Gasteiger partial charge in [0.25, 0.3) is 5.56 Å². The summed E-state index contributed by atoms with van der Waals surface area (Å²) in [4.78, 5) is 71.3. The van der Waals surface area contributed by atoms with Gasteiger partial charge < -0.3 is 40.9 Å². The van der Waals surface area contributed by atoms with Crippen LogP contribution in [0.4, 0.5) is 10.3 Å². The fourth-order valence-corrected chi connectivity index (χ4v) is 4.05. The molecule has 1 aliphatic rings.